The molecule has 2 aromatic carbocycles. The van der Waals surface area contributed by atoms with Gasteiger partial charge in [-0.15, -0.1) is 0 Å². The van der Waals surface area contributed by atoms with Gasteiger partial charge >= 0.3 is 0 Å². The van der Waals surface area contributed by atoms with E-state index in [4.69, 9.17) is 4.74 Å². The summed E-state index contributed by atoms with van der Waals surface area (Å²) >= 11 is 0. The fourth-order valence-corrected chi connectivity index (χ4v) is 2.87. The molecule has 0 atom stereocenters. The Balaban J connectivity index is 1.98. The molecule has 0 spiro atoms. The number of rotatable bonds is 6. The highest BCUT2D eigenvalue weighted by molar-refractivity contribution is 5.88. The molecule has 0 aliphatic rings. The Labute approximate surface area is 156 Å². The van der Waals surface area contributed by atoms with Crippen LogP contribution in [-0.2, 0) is 6.54 Å². The van der Waals surface area contributed by atoms with Gasteiger partial charge in [-0.25, -0.2) is 4.98 Å². The van der Waals surface area contributed by atoms with Gasteiger partial charge in [-0.05, 0) is 25.1 Å². The Bertz CT molecular complexity index is 1040. The number of pyridine rings is 1. The minimum Gasteiger partial charge on any atom is -0.494 e. The Morgan fingerprint density at radius 1 is 1.26 bits per heavy atom. The molecule has 0 unspecified atom stereocenters. The van der Waals surface area contributed by atoms with Crippen LogP contribution in [0.3, 0.4) is 0 Å². The number of anilines is 1. The first kappa shape index (κ1) is 18.1. The molecular formula is C20H18N4O3. The number of fused-ring (bicyclic) bond motifs is 1. The summed E-state index contributed by atoms with van der Waals surface area (Å²) in [5.41, 5.74) is 1.83. The highest BCUT2D eigenvalue weighted by Gasteiger charge is 2.14. The van der Waals surface area contributed by atoms with Crippen LogP contribution in [0.2, 0.25) is 0 Å². The van der Waals surface area contributed by atoms with Gasteiger partial charge in [0, 0.05) is 36.7 Å². The second kappa shape index (κ2) is 7.70. The maximum absolute atomic E-state index is 11.0. The van der Waals surface area contributed by atoms with E-state index in [9.17, 15) is 15.4 Å². The number of nitrogens with zero attached hydrogens (tertiary/aromatic N) is 4. The predicted octanol–water partition coefficient (Wildman–Crippen LogP) is 4.05. The maximum Gasteiger partial charge on any atom is 0.270 e. The summed E-state index contributed by atoms with van der Waals surface area (Å²) in [5.74, 6) is 1.42. The van der Waals surface area contributed by atoms with E-state index in [-0.39, 0.29) is 5.69 Å². The molecule has 0 radical (unpaired) electrons. The van der Waals surface area contributed by atoms with Gasteiger partial charge in [0.05, 0.1) is 28.7 Å². The molecule has 27 heavy (non-hydrogen) atoms. The zero-order valence-electron chi connectivity index (χ0n) is 15.0. The summed E-state index contributed by atoms with van der Waals surface area (Å²) in [4.78, 5) is 17.0. The fraction of sp³-hybridized carbons (Fsp3) is 0.200. The molecule has 0 fully saturated rings. The van der Waals surface area contributed by atoms with Crippen LogP contribution in [0.4, 0.5) is 11.5 Å². The van der Waals surface area contributed by atoms with Gasteiger partial charge < -0.3 is 9.64 Å². The molecular weight excluding hydrogens is 344 g/mol. The van der Waals surface area contributed by atoms with Gasteiger partial charge in [0.15, 0.2) is 0 Å². The largest absolute Gasteiger partial charge is 0.494 e. The average Bonchev–Trinajstić information content (AvgIpc) is 2.68. The summed E-state index contributed by atoms with van der Waals surface area (Å²) in [6.07, 6.45) is 0. The van der Waals surface area contributed by atoms with Crippen molar-refractivity contribution in [2.24, 2.45) is 0 Å². The van der Waals surface area contributed by atoms with E-state index in [2.05, 4.69) is 11.1 Å². The third kappa shape index (κ3) is 3.80. The number of hydrogen-bond donors (Lipinski definition) is 0. The van der Waals surface area contributed by atoms with E-state index in [0.717, 1.165) is 11.3 Å². The SMILES string of the molecule is CCOc1ccccc1CN(C)c1cc(C#N)c2cc([N+](=O)[O-])ccc2n1. The Morgan fingerprint density at radius 2 is 2.04 bits per heavy atom. The summed E-state index contributed by atoms with van der Waals surface area (Å²) in [5, 5.41) is 20.9. The number of hydrogen-bond acceptors (Lipinski definition) is 6. The van der Waals surface area contributed by atoms with Gasteiger partial charge in [-0.3, -0.25) is 10.1 Å². The van der Waals surface area contributed by atoms with Gasteiger partial charge in [0.25, 0.3) is 5.69 Å². The van der Waals surface area contributed by atoms with Crippen LogP contribution in [0.25, 0.3) is 10.9 Å². The molecule has 3 aromatic rings. The molecule has 0 saturated heterocycles. The van der Waals surface area contributed by atoms with Crippen molar-refractivity contribution in [3.63, 3.8) is 0 Å². The third-order valence-corrected chi connectivity index (χ3v) is 4.18. The van der Waals surface area contributed by atoms with Crippen molar-refractivity contribution in [3.8, 4) is 11.8 Å². The molecule has 0 saturated carbocycles. The van der Waals surface area contributed by atoms with Crippen LogP contribution in [-0.4, -0.2) is 23.6 Å². The molecule has 7 nitrogen and oxygen atoms in total. The van der Waals surface area contributed by atoms with Crippen molar-refractivity contribution in [1.82, 2.24) is 4.98 Å². The maximum atomic E-state index is 11.0. The van der Waals surface area contributed by atoms with E-state index in [1.807, 2.05) is 43.1 Å². The van der Waals surface area contributed by atoms with Crippen LogP contribution in [0.1, 0.15) is 18.1 Å². The minimum atomic E-state index is -0.481. The first-order valence-electron chi connectivity index (χ1n) is 8.44. The predicted molar refractivity (Wildman–Crippen MR) is 103 cm³/mol. The molecule has 3 rings (SSSR count). The normalized spacial score (nSPS) is 10.4. The van der Waals surface area contributed by atoms with Gasteiger partial charge in [0.1, 0.15) is 11.6 Å². The Kier molecular flexibility index (Phi) is 5.18. The summed E-state index contributed by atoms with van der Waals surface area (Å²) in [7, 11) is 1.88. The lowest BCUT2D eigenvalue weighted by atomic mass is 10.1. The standard InChI is InChI=1S/C20H18N4O3/c1-3-27-19-7-5-4-6-14(19)13-23(2)20-10-15(12-21)17-11-16(24(25)26)8-9-18(17)22-20/h4-11H,3,13H2,1-2H3. The van der Waals surface area contributed by atoms with E-state index < -0.39 is 4.92 Å². The number of nitro groups is 1. The highest BCUT2D eigenvalue weighted by Crippen LogP contribution is 2.27. The number of non-ortho nitro benzene ring substituents is 1. The zero-order chi connectivity index (χ0) is 19.4. The van der Waals surface area contributed by atoms with Crippen LogP contribution in [0, 0.1) is 21.4 Å². The van der Waals surface area contributed by atoms with E-state index in [1.54, 1.807) is 12.1 Å². The topological polar surface area (TPSA) is 92.3 Å². The number of nitriles is 1. The molecule has 0 amide bonds. The number of ether oxygens (including phenoxy) is 1. The van der Waals surface area contributed by atoms with Gasteiger partial charge in [0.2, 0.25) is 0 Å². The number of benzene rings is 2. The lowest BCUT2D eigenvalue weighted by molar-refractivity contribution is -0.384. The Morgan fingerprint density at radius 3 is 2.74 bits per heavy atom. The molecule has 136 valence electrons. The highest BCUT2D eigenvalue weighted by atomic mass is 16.6. The molecule has 0 N–H and O–H groups in total. The molecule has 1 heterocycles. The van der Waals surface area contributed by atoms with Crippen molar-refractivity contribution in [3.05, 3.63) is 69.8 Å². The monoisotopic (exact) mass is 362 g/mol. The Hall–Kier alpha value is -3.66. The van der Waals surface area contributed by atoms with Crippen LogP contribution in [0.15, 0.2) is 48.5 Å². The van der Waals surface area contributed by atoms with Crippen LogP contribution >= 0.6 is 0 Å². The molecule has 0 aliphatic carbocycles. The second-order valence-electron chi connectivity index (χ2n) is 6.00. The smallest absolute Gasteiger partial charge is 0.270 e. The number of para-hydroxylation sites is 1. The fourth-order valence-electron chi connectivity index (χ4n) is 2.87. The summed E-state index contributed by atoms with van der Waals surface area (Å²) < 4.78 is 5.66. The first-order valence-corrected chi connectivity index (χ1v) is 8.44. The van der Waals surface area contributed by atoms with E-state index in [0.29, 0.717) is 35.4 Å². The second-order valence-corrected chi connectivity index (χ2v) is 6.00. The zero-order valence-corrected chi connectivity index (χ0v) is 15.0. The third-order valence-electron chi connectivity index (χ3n) is 4.18. The first-order chi connectivity index (χ1) is 13.0. The van der Waals surface area contributed by atoms with Crippen molar-refractivity contribution in [2.45, 2.75) is 13.5 Å². The molecule has 1 aromatic heterocycles. The van der Waals surface area contributed by atoms with Gasteiger partial charge in [-0.1, -0.05) is 18.2 Å². The lowest BCUT2D eigenvalue weighted by Crippen LogP contribution is -2.18. The summed E-state index contributed by atoms with van der Waals surface area (Å²) in [6.45, 7) is 3.06. The lowest BCUT2D eigenvalue weighted by Gasteiger charge is -2.21. The number of nitro benzene ring substituents is 1. The van der Waals surface area contributed by atoms with Crippen molar-refractivity contribution in [1.29, 1.82) is 5.26 Å². The molecule has 0 bridgehead atoms. The molecule has 7 heteroatoms. The minimum absolute atomic E-state index is 0.0625. The van der Waals surface area contributed by atoms with Crippen LogP contribution in [0.5, 0.6) is 5.75 Å². The quantitative estimate of drug-likeness (QED) is 0.485. The molecule has 0 aliphatic heterocycles. The van der Waals surface area contributed by atoms with E-state index >= 15 is 0 Å². The van der Waals surface area contributed by atoms with Crippen LogP contribution < -0.4 is 9.64 Å². The van der Waals surface area contributed by atoms with Crippen molar-refractivity contribution < 1.29 is 9.66 Å². The van der Waals surface area contributed by atoms with Crippen molar-refractivity contribution in [2.75, 3.05) is 18.6 Å². The van der Waals surface area contributed by atoms with Gasteiger partial charge in [-0.2, -0.15) is 5.26 Å². The summed E-state index contributed by atoms with van der Waals surface area (Å²) in [6, 6.07) is 15.9. The van der Waals surface area contributed by atoms with Crippen molar-refractivity contribution >= 4 is 22.4 Å². The van der Waals surface area contributed by atoms with E-state index in [1.165, 1.54) is 12.1 Å². The average molecular weight is 362 g/mol. The number of aromatic nitrogens is 1.